The van der Waals surface area contributed by atoms with Gasteiger partial charge in [-0.1, -0.05) is 0 Å². The summed E-state index contributed by atoms with van der Waals surface area (Å²) in [6.07, 6.45) is 2.04. The van der Waals surface area contributed by atoms with Gasteiger partial charge in [-0.2, -0.15) is 9.40 Å². The van der Waals surface area contributed by atoms with E-state index >= 15 is 0 Å². The minimum Gasteiger partial charge on any atom is -0.454 e. The Hall–Kier alpha value is -3.38. The highest BCUT2D eigenvalue weighted by atomic mass is 32.2. The summed E-state index contributed by atoms with van der Waals surface area (Å²) in [5.74, 6) is 1.72. The maximum atomic E-state index is 13.1. The summed E-state index contributed by atoms with van der Waals surface area (Å²) in [7, 11) is -1.96. The molecule has 1 N–H and O–H groups in total. The smallest absolute Gasteiger partial charge is 0.271 e. The third-order valence-electron chi connectivity index (χ3n) is 5.91. The van der Waals surface area contributed by atoms with E-state index in [1.165, 1.54) is 10.5 Å². The molecule has 3 aromatic rings. The minimum absolute atomic E-state index is 0.0317. The normalized spacial score (nSPS) is 16.7. The van der Waals surface area contributed by atoms with Gasteiger partial charge in [0.05, 0.1) is 5.69 Å². The number of benzene rings is 1. The van der Waals surface area contributed by atoms with E-state index in [0.29, 0.717) is 48.2 Å². The summed E-state index contributed by atoms with van der Waals surface area (Å²) in [4.78, 5) is 18.9. The molecule has 0 unspecified atom stereocenters. The van der Waals surface area contributed by atoms with Crippen molar-refractivity contribution >= 4 is 15.9 Å². The van der Waals surface area contributed by atoms with Gasteiger partial charge >= 0.3 is 0 Å². The van der Waals surface area contributed by atoms with Gasteiger partial charge in [0.1, 0.15) is 11.5 Å². The lowest BCUT2D eigenvalue weighted by molar-refractivity contribution is 0.0758. The monoisotopic (exact) mass is 472 g/mol. The van der Waals surface area contributed by atoms with E-state index in [4.69, 9.17) is 9.47 Å². The fourth-order valence-electron chi connectivity index (χ4n) is 3.93. The lowest BCUT2D eigenvalue weighted by Gasteiger charge is -2.20. The number of nitrogens with one attached hydrogen (secondary N) is 1. The Morgan fingerprint density at radius 2 is 1.91 bits per heavy atom. The summed E-state index contributed by atoms with van der Waals surface area (Å²) in [5, 5.41) is 7.11. The van der Waals surface area contributed by atoms with Crippen LogP contribution in [0, 0.1) is 6.92 Å². The summed E-state index contributed by atoms with van der Waals surface area (Å²) in [6, 6.07) is 7.17. The minimum atomic E-state index is -3.72. The van der Waals surface area contributed by atoms with Gasteiger partial charge < -0.3 is 18.9 Å². The number of carbonyl (C=O) groups excluding carboxylic acids is 1. The molecule has 1 saturated heterocycles. The average molecular weight is 473 g/mol. The highest BCUT2D eigenvalue weighted by Crippen LogP contribution is 2.35. The van der Waals surface area contributed by atoms with Crippen LogP contribution in [0.25, 0.3) is 11.3 Å². The third kappa shape index (κ3) is 3.95. The molecule has 2 aromatic heterocycles. The Bertz CT molecular complexity index is 1290. The van der Waals surface area contributed by atoms with Crippen LogP contribution in [-0.4, -0.2) is 76.3 Å². The number of carbonyl (C=O) groups is 1. The molecule has 1 fully saturated rings. The van der Waals surface area contributed by atoms with Gasteiger partial charge in [-0.15, -0.1) is 0 Å². The van der Waals surface area contributed by atoms with Gasteiger partial charge in [-0.25, -0.2) is 13.4 Å². The maximum Gasteiger partial charge on any atom is 0.271 e. The summed E-state index contributed by atoms with van der Waals surface area (Å²) in [5.41, 5.74) is 1.76. The van der Waals surface area contributed by atoms with Crippen LogP contribution in [0.2, 0.25) is 0 Å². The molecule has 11 nitrogen and oxygen atoms in total. The number of nitrogens with zero attached hydrogens (tertiary/aromatic N) is 5. The van der Waals surface area contributed by atoms with Gasteiger partial charge in [0, 0.05) is 45.0 Å². The Balaban J connectivity index is 1.29. The number of imidazole rings is 1. The fourth-order valence-corrected chi connectivity index (χ4v) is 5.42. The number of amides is 1. The number of H-pyrrole nitrogens is 1. The summed E-state index contributed by atoms with van der Waals surface area (Å²) >= 11 is 0. The second-order valence-corrected chi connectivity index (χ2v) is 9.91. The molecule has 0 radical (unpaired) electrons. The van der Waals surface area contributed by atoms with Crippen molar-refractivity contribution in [2.24, 2.45) is 7.05 Å². The number of hydrogen-bond donors (Lipinski definition) is 1. The fraction of sp³-hybridized carbons (Fsp3) is 0.381. The van der Waals surface area contributed by atoms with E-state index < -0.39 is 10.0 Å². The second kappa shape index (κ2) is 8.19. The van der Waals surface area contributed by atoms with Crippen molar-refractivity contribution in [2.45, 2.75) is 18.4 Å². The highest BCUT2D eigenvalue weighted by Gasteiger charge is 2.31. The Morgan fingerprint density at radius 1 is 1.09 bits per heavy atom. The molecule has 174 valence electrons. The zero-order chi connectivity index (χ0) is 23.2. The first-order valence-corrected chi connectivity index (χ1v) is 12.0. The molecule has 2 aliphatic heterocycles. The van der Waals surface area contributed by atoms with Crippen molar-refractivity contribution in [1.82, 2.24) is 29.0 Å². The number of hydrogen-bond acceptors (Lipinski definition) is 7. The molecule has 1 amide bonds. The van der Waals surface area contributed by atoms with Crippen LogP contribution in [0.4, 0.5) is 0 Å². The molecule has 2 aliphatic rings. The van der Waals surface area contributed by atoms with Gasteiger partial charge in [0.15, 0.2) is 16.5 Å². The quantitative estimate of drug-likeness (QED) is 0.609. The molecule has 4 heterocycles. The molecule has 5 rings (SSSR count). The zero-order valence-electron chi connectivity index (χ0n) is 18.3. The van der Waals surface area contributed by atoms with Crippen molar-refractivity contribution in [1.29, 1.82) is 0 Å². The molecular weight excluding hydrogens is 448 g/mol. The maximum absolute atomic E-state index is 13.1. The van der Waals surface area contributed by atoms with Crippen molar-refractivity contribution in [2.75, 3.05) is 33.0 Å². The third-order valence-corrected chi connectivity index (χ3v) is 7.68. The predicted molar refractivity (Wildman–Crippen MR) is 117 cm³/mol. The Kier molecular flexibility index (Phi) is 5.33. The summed E-state index contributed by atoms with van der Waals surface area (Å²) < 4.78 is 39.8. The van der Waals surface area contributed by atoms with Crippen LogP contribution >= 0.6 is 0 Å². The average Bonchev–Trinajstić information content (AvgIpc) is 3.49. The first-order chi connectivity index (χ1) is 15.8. The lowest BCUT2D eigenvalue weighted by atomic mass is 10.1. The molecule has 0 saturated carbocycles. The largest absolute Gasteiger partial charge is 0.454 e. The SMILES string of the molecule is Cc1nc(S(=O)(=O)N2CCCN(C(=O)c3cc(-c4ccc5c(c4)OCO5)n[nH]3)CC2)cn1C. The first kappa shape index (κ1) is 21.5. The van der Waals surface area contributed by atoms with Crippen LogP contribution in [0.15, 0.2) is 35.5 Å². The Morgan fingerprint density at radius 3 is 2.70 bits per heavy atom. The van der Waals surface area contributed by atoms with Crippen LogP contribution in [-0.2, 0) is 17.1 Å². The first-order valence-electron chi connectivity index (χ1n) is 10.6. The number of rotatable bonds is 4. The van der Waals surface area contributed by atoms with Gasteiger partial charge in [-0.05, 0) is 37.6 Å². The topological polar surface area (TPSA) is 123 Å². The van der Waals surface area contributed by atoms with Crippen molar-refractivity contribution < 1.29 is 22.7 Å². The van der Waals surface area contributed by atoms with Crippen molar-refractivity contribution in [3.8, 4) is 22.8 Å². The number of sulfonamides is 1. The summed E-state index contributed by atoms with van der Waals surface area (Å²) in [6.45, 7) is 3.20. The zero-order valence-corrected chi connectivity index (χ0v) is 19.1. The number of fused-ring (bicyclic) bond motifs is 1. The molecule has 0 atom stereocenters. The molecular formula is C21H24N6O5S. The van der Waals surface area contributed by atoms with Crippen LogP contribution < -0.4 is 9.47 Å². The number of aryl methyl sites for hydroxylation is 2. The van der Waals surface area contributed by atoms with Gasteiger partial charge in [-0.3, -0.25) is 9.89 Å². The molecule has 0 aliphatic carbocycles. The van der Waals surface area contributed by atoms with E-state index in [-0.39, 0.29) is 30.8 Å². The van der Waals surface area contributed by atoms with Gasteiger partial charge in [0.25, 0.3) is 15.9 Å². The second-order valence-electron chi connectivity index (χ2n) is 8.02. The number of ether oxygens (including phenoxy) is 2. The predicted octanol–water partition coefficient (Wildman–Crippen LogP) is 1.38. The van der Waals surface area contributed by atoms with Gasteiger partial charge in [0.2, 0.25) is 6.79 Å². The Labute approximate surface area is 191 Å². The van der Waals surface area contributed by atoms with E-state index in [9.17, 15) is 13.2 Å². The van der Waals surface area contributed by atoms with Crippen LogP contribution in [0.3, 0.4) is 0 Å². The van der Waals surface area contributed by atoms with E-state index in [2.05, 4.69) is 15.2 Å². The number of aromatic nitrogens is 4. The highest BCUT2D eigenvalue weighted by molar-refractivity contribution is 7.89. The number of aromatic amines is 1. The van der Waals surface area contributed by atoms with E-state index in [1.807, 2.05) is 12.1 Å². The van der Waals surface area contributed by atoms with Crippen LogP contribution in [0.1, 0.15) is 22.7 Å². The van der Waals surface area contributed by atoms with Crippen molar-refractivity contribution in [3.63, 3.8) is 0 Å². The van der Waals surface area contributed by atoms with Crippen LogP contribution in [0.5, 0.6) is 11.5 Å². The van der Waals surface area contributed by atoms with E-state index in [1.54, 1.807) is 35.6 Å². The van der Waals surface area contributed by atoms with E-state index in [0.717, 1.165) is 5.56 Å². The molecule has 1 aromatic carbocycles. The molecule has 0 spiro atoms. The molecule has 0 bridgehead atoms. The standard InChI is InChI=1S/C21H24N6O5S/c1-14-22-20(12-25(14)2)33(29,30)27-7-3-6-26(8-9-27)21(28)17-11-16(23-24-17)15-4-5-18-19(10-15)32-13-31-18/h4-5,10-12H,3,6-9,13H2,1-2H3,(H,23,24). The molecule has 12 heteroatoms. The molecule has 33 heavy (non-hydrogen) atoms. The van der Waals surface area contributed by atoms with Crippen molar-refractivity contribution in [3.05, 3.63) is 42.0 Å². The lowest BCUT2D eigenvalue weighted by Crippen LogP contribution is -2.37.